The quantitative estimate of drug-likeness (QED) is 0.862. The summed E-state index contributed by atoms with van der Waals surface area (Å²) in [6.45, 7) is 0.614. The highest BCUT2D eigenvalue weighted by molar-refractivity contribution is 5.61. The number of rotatable bonds is 2. The molecule has 1 aliphatic carbocycles. The lowest BCUT2D eigenvalue weighted by molar-refractivity contribution is 0.531. The third-order valence-corrected chi connectivity index (χ3v) is 4.05. The van der Waals surface area contributed by atoms with Gasteiger partial charge in [0.25, 0.3) is 0 Å². The van der Waals surface area contributed by atoms with Crippen LogP contribution in [0, 0.1) is 0 Å². The molecule has 19 heavy (non-hydrogen) atoms. The van der Waals surface area contributed by atoms with Gasteiger partial charge in [-0.2, -0.15) is 10.2 Å². The summed E-state index contributed by atoms with van der Waals surface area (Å²) in [4.78, 5) is 0. The van der Waals surface area contributed by atoms with E-state index in [1.54, 1.807) is 12.4 Å². The Labute approximate surface area is 113 Å². The van der Waals surface area contributed by atoms with Crippen molar-refractivity contribution < 1.29 is 1.37 Å². The van der Waals surface area contributed by atoms with Crippen LogP contribution in [0.1, 0.15) is 25.3 Å². The smallest absolute Gasteiger partial charge is 0.0731 e. The minimum absolute atomic E-state index is 0.309. The molecule has 0 bridgehead atoms. The van der Waals surface area contributed by atoms with Gasteiger partial charge in [-0.25, -0.2) is 0 Å². The van der Waals surface area contributed by atoms with E-state index in [4.69, 9.17) is 1.37 Å². The molecular weight excluding hydrogens is 236 g/mol. The van der Waals surface area contributed by atoms with Crippen LogP contribution < -0.4 is 10.6 Å². The van der Waals surface area contributed by atoms with E-state index in [1.807, 2.05) is 6.07 Å². The van der Waals surface area contributed by atoms with Crippen LogP contribution in [-0.2, 0) is 11.9 Å². The van der Waals surface area contributed by atoms with Crippen molar-refractivity contribution in [2.45, 2.75) is 24.8 Å². The molecule has 4 rings (SSSR count). The zero-order valence-corrected chi connectivity index (χ0v) is 10.6. The Morgan fingerprint density at radius 3 is 2.95 bits per heavy atom. The number of hydrogen-bond donors (Lipinski definition) is 2. The van der Waals surface area contributed by atoms with Gasteiger partial charge in [0.2, 0.25) is 0 Å². The summed E-state index contributed by atoms with van der Waals surface area (Å²) in [6.07, 6.45) is 5.83. The van der Waals surface area contributed by atoms with Gasteiger partial charge in [0.05, 0.1) is 18.1 Å². The summed E-state index contributed by atoms with van der Waals surface area (Å²) in [5.41, 5.74) is 4.67. The Kier molecular flexibility index (Phi) is 2.10. The fourth-order valence-corrected chi connectivity index (χ4v) is 2.82. The van der Waals surface area contributed by atoms with Gasteiger partial charge in [-0.05, 0) is 42.2 Å². The molecule has 96 valence electrons. The van der Waals surface area contributed by atoms with Gasteiger partial charge in [-0.15, -0.1) is 0 Å². The van der Waals surface area contributed by atoms with Crippen LogP contribution in [0.3, 0.4) is 0 Å². The number of nitrogens with one attached hydrogen (secondary N) is 2. The lowest BCUT2D eigenvalue weighted by atomic mass is 9.88. The second-order valence-corrected chi connectivity index (χ2v) is 5.36. The molecule has 2 N–H and O–H groups in total. The average molecular weight is 253 g/mol. The van der Waals surface area contributed by atoms with Gasteiger partial charge in [0.15, 0.2) is 0 Å². The standard InChI is InChI=1S/C15H16N4/c1-2-14-11(8-16-10-15(14)4-5-15)7-12(1)19-13-3-6-17-18-9-13/h1-3,6-7,9,16H,4-5,8,10H2,(H,17,19)/i8D. The predicted octanol–water partition coefficient (Wildman–Crippen LogP) is 2.36. The first-order valence-corrected chi connectivity index (χ1v) is 6.61. The van der Waals surface area contributed by atoms with Crippen molar-refractivity contribution >= 4 is 11.4 Å². The molecule has 1 aromatic carbocycles. The number of benzene rings is 1. The molecular formula is C15H16N4. The molecule has 1 atom stereocenters. The van der Waals surface area contributed by atoms with Crippen molar-refractivity contribution in [2.75, 3.05) is 11.9 Å². The molecule has 1 aromatic heterocycles. The number of hydrogen-bond acceptors (Lipinski definition) is 4. The van der Waals surface area contributed by atoms with Crippen LogP contribution >= 0.6 is 0 Å². The van der Waals surface area contributed by atoms with E-state index in [9.17, 15) is 0 Å². The van der Waals surface area contributed by atoms with Crippen LogP contribution in [0.15, 0.2) is 36.7 Å². The Bertz CT molecular complexity index is 640. The topological polar surface area (TPSA) is 49.8 Å². The van der Waals surface area contributed by atoms with E-state index in [0.29, 0.717) is 5.41 Å². The normalized spacial score (nSPS) is 23.6. The maximum Gasteiger partial charge on any atom is 0.0731 e. The minimum Gasteiger partial charge on any atom is -0.354 e. The van der Waals surface area contributed by atoms with Crippen molar-refractivity contribution in [3.63, 3.8) is 0 Å². The summed E-state index contributed by atoms with van der Waals surface area (Å²) >= 11 is 0. The minimum atomic E-state index is -0.325. The number of aromatic nitrogens is 2. The van der Waals surface area contributed by atoms with Crippen molar-refractivity contribution in [3.8, 4) is 0 Å². The van der Waals surface area contributed by atoms with Crippen LogP contribution in [0.5, 0.6) is 0 Å². The van der Waals surface area contributed by atoms with Crippen molar-refractivity contribution in [2.24, 2.45) is 0 Å². The molecule has 0 radical (unpaired) electrons. The lowest BCUT2D eigenvalue weighted by Crippen LogP contribution is -2.33. The number of fused-ring (bicyclic) bond motifs is 2. The Morgan fingerprint density at radius 2 is 2.16 bits per heavy atom. The molecule has 4 heteroatoms. The first-order chi connectivity index (χ1) is 9.77. The Balaban J connectivity index is 1.68. The fraction of sp³-hybridized carbons (Fsp3) is 0.333. The first-order valence-electron chi connectivity index (χ1n) is 7.18. The molecule has 2 aliphatic rings. The summed E-state index contributed by atoms with van der Waals surface area (Å²) in [5.74, 6) is 0. The third kappa shape index (κ3) is 1.88. The maximum atomic E-state index is 8.17. The summed E-state index contributed by atoms with van der Waals surface area (Å²) in [6, 6.07) is 8.24. The van der Waals surface area contributed by atoms with Crippen LogP contribution in [-0.4, -0.2) is 16.7 Å². The van der Waals surface area contributed by atoms with E-state index in [-0.39, 0.29) is 6.52 Å². The van der Waals surface area contributed by atoms with E-state index in [0.717, 1.165) is 23.5 Å². The third-order valence-electron chi connectivity index (χ3n) is 4.05. The number of anilines is 2. The zero-order chi connectivity index (χ0) is 13.6. The molecule has 1 saturated carbocycles. The fourth-order valence-electron chi connectivity index (χ4n) is 2.82. The van der Waals surface area contributed by atoms with Gasteiger partial charge < -0.3 is 10.6 Å². The van der Waals surface area contributed by atoms with Crippen molar-refractivity contribution in [3.05, 3.63) is 47.8 Å². The largest absolute Gasteiger partial charge is 0.354 e. The number of nitrogens with zero attached hydrogens (tertiary/aromatic N) is 2. The molecule has 1 unspecified atom stereocenters. The lowest BCUT2D eigenvalue weighted by Gasteiger charge is -2.26. The van der Waals surface area contributed by atoms with Gasteiger partial charge in [0.1, 0.15) is 0 Å². The molecule has 0 amide bonds. The predicted molar refractivity (Wildman–Crippen MR) is 74.4 cm³/mol. The van der Waals surface area contributed by atoms with Crippen LogP contribution in [0.2, 0.25) is 0 Å². The monoisotopic (exact) mass is 253 g/mol. The maximum absolute atomic E-state index is 8.17. The van der Waals surface area contributed by atoms with E-state index >= 15 is 0 Å². The summed E-state index contributed by atoms with van der Waals surface area (Å²) in [5, 5.41) is 14.2. The van der Waals surface area contributed by atoms with Crippen molar-refractivity contribution in [1.82, 2.24) is 15.5 Å². The van der Waals surface area contributed by atoms with E-state index in [2.05, 4.69) is 39.0 Å². The van der Waals surface area contributed by atoms with Gasteiger partial charge in [-0.1, -0.05) is 6.07 Å². The van der Waals surface area contributed by atoms with Crippen LogP contribution in [0.25, 0.3) is 0 Å². The van der Waals surface area contributed by atoms with E-state index < -0.39 is 0 Å². The highest BCUT2D eigenvalue weighted by Gasteiger charge is 2.46. The molecule has 2 heterocycles. The Morgan fingerprint density at radius 1 is 1.21 bits per heavy atom. The second kappa shape index (κ2) is 4.03. The van der Waals surface area contributed by atoms with Crippen LogP contribution in [0.4, 0.5) is 11.4 Å². The van der Waals surface area contributed by atoms with E-state index in [1.165, 1.54) is 18.4 Å². The van der Waals surface area contributed by atoms with Crippen molar-refractivity contribution in [1.29, 1.82) is 0 Å². The highest BCUT2D eigenvalue weighted by atomic mass is 15.1. The van der Waals surface area contributed by atoms with Gasteiger partial charge >= 0.3 is 0 Å². The summed E-state index contributed by atoms with van der Waals surface area (Å²) < 4.78 is 8.17. The highest BCUT2D eigenvalue weighted by Crippen LogP contribution is 2.50. The molecule has 1 fully saturated rings. The molecule has 1 spiro atoms. The zero-order valence-electron chi connectivity index (χ0n) is 11.6. The second-order valence-electron chi connectivity index (χ2n) is 5.36. The summed E-state index contributed by atoms with van der Waals surface area (Å²) in [7, 11) is 0. The molecule has 2 aromatic rings. The Hall–Kier alpha value is -1.94. The molecule has 0 saturated heterocycles. The molecule has 4 nitrogen and oxygen atoms in total. The average Bonchev–Trinajstić information content (AvgIpc) is 3.25. The van der Waals surface area contributed by atoms with Gasteiger partial charge in [-0.3, -0.25) is 0 Å². The SMILES string of the molecule is [2H]C1NCC2(CC2)c2ccc(Nc3ccnnc3)cc21. The van der Waals surface area contributed by atoms with Gasteiger partial charge in [0, 0.05) is 25.5 Å². The molecule has 1 aliphatic heterocycles. The first kappa shape index (κ1) is 9.92.